The van der Waals surface area contributed by atoms with Crippen LogP contribution in [0.1, 0.15) is 21.6 Å². The lowest BCUT2D eigenvalue weighted by Crippen LogP contribution is -2.09. The molecule has 0 saturated carbocycles. The first-order valence-electron chi connectivity index (χ1n) is 6.38. The molecule has 0 saturated heterocycles. The average Bonchev–Trinajstić information content (AvgIpc) is 2.48. The molecule has 0 radical (unpaired) electrons. The Morgan fingerprint density at radius 1 is 1.17 bits per heavy atom. The monoisotopic (exact) mass is 381 g/mol. The van der Waals surface area contributed by atoms with Gasteiger partial charge in [0.2, 0.25) is 0 Å². The van der Waals surface area contributed by atoms with Gasteiger partial charge in [-0.1, -0.05) is 23.2 Å². The van der Waals surface area contributed by atoms with Crippen molar-refractivity contribution in [2.24, 2.45) is 0 Å². The molecule has 3 nitrogen and oxygen atoms in total. The summed E-state index contributed by atoms with van der Waals surface area (Å²) >= 11 is 11.4. The molecule has 0 bridgehead atoms. The Morgan fingerprint density at radius 2 is 1.79 bits per heavy atom. The number of pyridine rings is 1. The molecule has 9 heteroatoms. The molecule has 0 fully saturated rings. The van der Waals surface area contributed by atoms with E-state index in [1.807, 2.05) is 0 Å². The molecule has 0 atom stereocenters. The maximum atomic E-state index is 14.2. The summed E-state index contributed by atoms with van der Waals surface area (Å²) in [4.78, 5) is 15.4. The molecule has 2 aromatic rings. The van der Waals surface area contributed by atoms with Gasteiger partial charge in [0.1, 0.15) is 5.69 Å². The minimum Gasteiger partial charge on any atom is -0.464 e. The second kappa shape index (κ2) is 6.57. The SMILES string of the molecule is COC(=O)c1nc(-c2cc(Cl)c(C(F)(F)F)cc2C)c(F)cc1Cl. The molecule has 0 aliphatic heterocycles. The number of esters is 1. The summed E-state index contributed by atoms with van der Waals surface area (Å²) in [5, 5.41) is -0.891. The van der Waals surface area contributed by atoms with Crippen molar-refractivity contribution in [1.82, 2.24) is 4.98 Å². The third-order valence-corrected chi connectivity index (χ3v) is 3.78. The molecule has 1 aromatic heterocycles. The molecule has 1 heterocycles. The largest absolute Gasteiger partial charge is 0.464 e. The van der Waals surface area contributed by atoms with Gasteiger partial charge < -0.3 is 4.74 Å². The lowest BCUT2D eigenvalue weighted by Gasteiger charge is -2.14. The van der Waals surface area contributed by atoms with Gasteiger partial charge in [-0.05, 0) is 30.7 Å². The fraction of sp³-hybridized carbons (Fsp3) is 0.200. The Hall–Kier alpha value is -1.86. The Kier molecular flexibility index (Phi) is 5.05. The van der Waals surface area contributed by atoms with Crippen LogP contribution in [0.25, 0.3) is 11.3 Å². The van der Waals surface area contributed by atoms with Gasteiger partial charge in [-0.3, -0.25) is 0 Å². The first-order chi connectivity index (χ1) is 11.1. The van der Waals surface area contributed by atoms with Gasteiger partial charge in [0, 0.05) is 5.56 Å². The van der Waals surface area contributed by atoms with Gasteiger partial charge in [-0.15, -0.1) is 0 Å². The zero-order chi connectivity index (χ0) is 18.2. The molecular weight excluding hydrogens is 373 g/mol. The molecule has 128 valence electrons. The number of aromatic nitrogens is 1. The number of benzene rings is 1. The number of nitrogens with zero attached hydrogens (tertiary/aromatic N) is 1. The molecule has 0 N–H and O–H groups in total. The van der Waals surface area contributed by atoms with E-state index in [0.29, 0.717) is 0 Å². The van der Waals surface area contributed by atoms with E-state index in [1.54, 1.807) is 0 Å². The lowest BCUT2D eigenvalue weighted by atomic mass is 10.0. The van der Waals surface area contributed by atoms with Crippen molar-refractivity contribution in [1.29, 1.82) is 0 Å². The summed E-state index contributed by atoms with van der Waals surface area (Å²) in [7, 11) is 1.09. The highest BCUT2D eigenvalue weighted by atomic mass is 35.5. The Morgan fingerprint density at radius 3 is 2.33 bits per heavy atom. The van der Waals surface area contributed by atoms with Crippen LogP contribution in [-0.4, -0.2) is 18.1 Å². The van der Waals surface area contributed by atoms with Crippen LogP contribution in [0.4, 0.5) is 17.6 Å². The average molecular weight is 382 g/mol. The number of aryl methyl sites for hydroxylation is 1. The topological polar surface area (TPSA) is 39.2 Å². The van der Waals surface area contributed by atoms with Gasteiger partial charge in [-0.25, -0.2) is 14.2 Å². The van der Waals surface area contributed by atoms with Gasteiger partial charge in [-0.2, -0.15) is 13.2 Å². The Balaban J connectivity index is 2.69. The zero-order valence-corrected chi connectivity index (χ0v) is 13.8. The van der Waals surface area contributed by atoms with E-state index in [0.717, 1.165) is 25.3 Å². The molecule has 2 rings (SSSR count). The van der Waals surface area contributed by atoms with Crippen LogP contribution >= 0.6 is 23.2 Å². The number of ether oxygens (including phenoxy) is 1. The van der Waals surface area contributed by atoms with E-state index < -0.39 is 28.5 Å². The predicted octanol–water partition coefficient (Wildman–Crippen LogP) is 5.31. The van der Waals surface area contributed by atoms with Gasteiger partial charge in [0.15, 0.2) is 11.5 Å². The van der Waals surface area contributed by atoms with Gasteiger partial charge in [0.05, 0.1) is 22.7 Å². The van der Waals surface area contributed by atoms with Crippen LogP contribution in [0.2, 0.25) is 10.0 Å². The molecule has 0 aliphatic carbocycles. The van der Waals surface area contributed by atoms with Crippen LogP contribution < -0.4 is 0 Å². The highest BCUT2D eigenvalue weighted by Gasteiger charge is 2.34. The van der Waals surface area contributed by atoms with Crippen LogP contribution in [0.15, 0.2) is 18.2 Å². The summed E-state index contributed by atoms with van der Waals surface area (Å²) in [6.07, 6.45) is -4.65. The van der Waals surface area contributed by atoms with E-state index in [-0.39, 0.29) is 27.5 Å². The van der Waals surface area contributed by atoms with Crippen LogP contribution in [0.3, 0.4) is 0 Å². The molecule has 24 heavy (non-hydrogen) atoms. The maximum Gasteiger partial charge on any atom is 0.417 e. The molecule has 0 aliphatic rings. The summed E-state index contributed by atoms with van der Waals surface area (Å²) in [5.41, 5.74) is -1.67. The van der Waals surface area contributed by atoms with Gasteiger partial charge in [0.25, 0.3) is 0 Å². The number of methoxy groups -OCH3 is 1. The fourth-order valence-electron chi connectivity index (χ4n) is 2.05. The van der Waals surface area contributed by atoms with E-state index in [4.69, 9.17) is 23.2 Å². The summed E-state index contributed by atoms with van der Waals surface area (Å²) in [5.74, 6) is -1.82. The van der Waals surface area contributed by atoms with Crippen molar-refractivity contribution in [2.45, 2.75) is 13.1 Å². The number of hydrogen-bond donors (Lipinski definition) is 0. The quantitative estimate of drug-likeness (QED) is 0.522. The molecule has 0 unspecified atom stereocenters. The highest BCUT2D eigenvalue weighted by molar-refractivity contribution is 6.33. The highest BCUT2D eigenvalue weighted by Crippen LogP contribution is 2.39. The standard InChI is InChI=1S/C15H9Cl2F4NO2/c1-6-3-8(15(19,20)21)9(16)4-7(6)12-11(18)5-10(17)13(22-12)14(23)24-2/h3-5H,1-2H3. The van der Waals surface area contributed by atoms with Crippen LogP contribution in [0.5, 0.6) is 0 Å². The maximum absolute atomic E-state index is 14.2. The lowest BCUT2D eigenvalue weighted by molar-refractivity contribution is -0.137. The van der Waals surface area contributed by atoms with E-state index in [9.17, 15) is 22.4 Å². The van der Waals surface area contributed by atoms with Crippen molar-refractivity contribution < 1.29 is 27.1 Å². The smallest absolute Gasteiger partial charge is 0.417 e. The number of hydrogen-bond acceptors (Lipinski definition) is 3. The third-order valence-electron chi connectivity index (χ3n) is 3.18. The number of rotatable bonds is 2. The summed E-state index contributed by atoms with van der Waals surface area (Å²) in [6.45, 7) is 1.34. The summed E-state index contributed by atoms with van der Waals surface area (Å²) < 4.78 is 57.2. The first kappa shape index (κ1) is 18.5. The minimum atomic E-state index is -4.65. The van der Waals surface area contributed by atoms with Crippen molar-refractivity contribution in [3.63, 3.8) is 0 Å². The van der Waals surface area contributed by atoms with Gasteiger partial charge >= 0.3 is 12.1 Å². The molecule has 0 spiro atoms. The number of alkyl halides is 3. The van der Waals surface area contributed by atoms with Crippen LogP contribution in [0, 0.1) is 12.7 Å². The molecule has 1 aromatic carbocycles. The summed E-state index contributed by atoms with van der Waals surface area (Å²) in [6, 6.07) is 2.56. The van der Waals surface area contributed by atoms with Crippen LogP contribution in [-0.2, 0) is 10.9 Å². The van der Waals surface area contributed by atoms with Crippen molar-refractivity contribution in [2.75, 3.05) is 7.11 Å². The minimum absolute atomic E-state index is 0.00678. The molecular formula is C15H9Cl2F4NO2. The first-order valence-corrected chi connectivity index (χ1v) is 7.14. The second-order valence-electron chi connectivity index (χ2n) is 4.79. The van der Waals surface area contributed by atoms with E-state index in [2.05, 4.69) is 9.72 Å². The zero-order valence-electron chi connectivity index (χ0n) is 12.3. The molecule has 0 amide bonds. The van der Waals surface area contributed by atoms with Crippen molar-refractivity contribution in [3.8, 4) is 11.3 Å². The second-order valence-corrected chi connectivity index (χ2v) is 5.60. The van der Waals surface area contributed by atoms with Crippen molar-refractivity contribution in [3.05, 3.63) is 50.9 Å². The van der Waals surface area contributed by atoms with E-state index in [1.165, 1.54) is 6.92 Å². The Bertz CT molecular complexity index is 822. The number of carbonyl (C=O) groups is 1. The number of halogens is 6. The Labute approximate surface area is 144 Å². The normalized spacial score (nSPS) is 11.5. The van der Waals surface area contributed by atoms with E-state index >= 15 is 0 Å². The number of carbonyl (C=O) groups excluding carboxylic acids is 1. The predicted molar refractivity (Wildman–Crippen MR) is 80.7 cm³/mol. The fourth-order valence-corrected chi connectivity index (χ4v) is 2.54. The third kappa shape index (κ3) is 3.47. The van der Waals surface area contributed by atoms with Crippen molar-refractivity contribution >= 4 is 29.2 Å².